The predicted octanol–water partition coefficient (Wildman–Crippen LogP) is 2.59. The molecule has 0 aromatic rings. The zero-order valence-electron chi connectivity index (χ0n) is 12.3. The number of piperidine rings is 1. The molecular weight excluding hydrogens is 228 g/mol. The lowest BCUT2D eigenvalue weighted by Crippen LogP contribution is -2.46. The second-order valence-electron chi connectivity index (χ2n) is 5.58. The van der Waals surface area contributed by atoms with Crippen LogP contribution < -0.4 is 0 Å². The lowest BCUT2D eigenvalue weighted by Gasteiger charge is -2.36. The molecule has 4 nitrogen and oxygen atoms in total. The summed E-state index contributed by atoms with van der Waals surface area (Å²) in [6.07, 6.45) is 3.22. The van der Waals surface area contributed by atoms with Gasteiger partial charge in [-0.05, 0) is 45.7 Å². The molecule has 0 unspecified atom stereocenters. The van der Waals surface area contributed by atoms with Crippen molar-refractivity contribution in [3.8, 4) is 0 Å². The minimum Gasteiger partial charge on any atom is -0.450 e. The van der Waals surface area contributed by atoms with Gasteiger partial charge >= 0.3 is 6.09 Å². The topological polar surface area (TPSA) is 32.8 Å². The SMILES string of the molecule is CCOC(=O)N1CCC(N(C)CCC(C)C)CC1. The van der Waals surface area contributed by atoms with E-state index in [0.29, 0.717) is 12.6 Å². The number of amides is 1. The lowest BCUT2D eigenvalue weighted by atomic mass is 10.0. The summed E-state index contributed by atoms with van der Waals surface area (Å²) >= 11 is 0. The molecule has 0 aliphatic carbocycles. The van der Waals surface area contributed by atoms with Crippen molar-refractivity contribution in [3.05, 3.63) is 0 Å². The average Bonchev–Trinajstić information content (AvgIpc) is 2.36. The van der Waals surface area contributed by atoms with Crippen molar-refractivity contribution >= 4 is 6.09 Å². The lowest BCUT2D eigenvalue weighted by molar-refractivity contribution is 0.0800. The minimum atomic E-state index is -0.152. The molecule has 0 N–H and O–H groups in total. The van der Waals surface area contributed by atoms with Gasteiger partial charge in [0.15, 0.2) is 0 Å². The van der Waals surface area contributed by atoms with E-state index in [-0.39, 0.29) is 6.09 Å². The van der Waals surface area contributed by atoms with Crippen molar-refractivity contribution in [3.63, 3.8) is 0 Å². The third-order valence-electron chi connectivity index (χ3n) is 3.67. The average molecular weight is 256 g/mol. The van der Waals surface area contributed by atoms with Crippen LogP contribution in [0.3, 0.4) is 0 Å². The predicted molar refractivity (Wildman–Crippen MR) is 73.7 cm³/mol. The second kappa shape index (κ2) is 7.62. The van der Waals surface area contributed by atoms with Gasteiger partial charge < -0.3 is 14.5 Å². The summed E-state index contributed by atoms with van der Waals surface area (Å²) in [6, 6.07) is 0.620. The molecule has 1 aliphatic rings. The van der Waals surface area contributed by atoms with Crippen LogP contribution in [0.25, 0.3) is 0 Å². The molecule has 0 saturated carbocycles. The molecule has 0 spiro atoms. The monoisotopic (exact) mass is 256 g/mol. The highest BCUT2D eigenvalue weighted by atomic mass is 16.6. The van der Waals surface area contributed by atoms with Gasteiger partial charge in [0.1, 0.15) is 0 Å². The van der Waals surface area contributed by atoms with Crippen LogP contribution in [-0.4, -0.2) is 55.2 Å². The molecule has 0 bridgehead atoms. The van der Waals surface area contributed by atoms with Crippen LogP contribution in [0.15, 0.2) is 0 Å². The van der Waals surface area contributed by atoms with Crippen LogP contribution >= 0.6 is 0 Å². The third-order valence-corrected chi connectivity index (χ3v) is 3.67. The zero-order chi connectivity index (χ0) is 13.5. The molecule has 0 atom stereocenters. The number of rotatable bonds is 5. The quantitative estimate of drug-likeness (QED) is 0.758. The van der Waals surface area contributed by atoms with E-state index in [1.165, 1.54) is 6.42 Å². The number of hydrogen-bond acceptors (Lipinski definition) is 3. The van der Waals surface area contributed by atoms with Crippen LogP contribution in [0, 0.1) is 5.92 Å². The molecule has 106 valence electrons. The first kappa shape index (κ1) is 15.3. The van der Waals surface area contributed by atoms with Crippen molar-refractivity contribution in [2.75, 3.05) is 33.3 Å². The summed E-state index contributed by atoms with van der Waals surface area (Å²) in [5.41, 5.74) is 0. The van der Waals surface area contributed by atoms with Gasteiger partial charge in [-0.2, -0.15) is 0 Å². The Morgan fingerprint density at radius 3 is 2.50 bits per heavy atom. The zero-order valence-corrected chi connectivity index (χ0v) is 12.3. The van der Waals surface area contributed by atoms with E-state index < -0.39 is 0 Å². The maximum absolute atomic E-state index is 11.6. The largest absolute Gasteiger partial charge is 0.450 e. The highest BCUT2D eigenvalue weighted by Crippen LogP contribution is 2.17. The molecule has 1 fully saturated rings. The van der Waals surface area contributed by atoms with Crippen molar-refractivity contribution in [1.82, 2.24) is 9.80 Å². The molecule has 1 aliphatic heterocycles. The Balaban J connectivity index is 2.28. The Kier molecular flexibility index (Phi) is 6.47. The molecule has 0 aromatic heterocycles. The number of nitrogens with zero attached hydrogens (tertiary/aromatic N) is 2. The molecule has 0 aromatic carbocycles. The van der Waals surface area contributed by atoms with Gasteiger partial charge in [-0.25, -0.2) is 4.79 Å². The van der Waals surface area contributed by atoms with Gasteiger partial charge in [0, 0.05) is 19.1 Å². The standard InChI is InChI=1S/C14H28N2O2/c1-5-18-14(17)16-10-7-13(8-11-16)15(4)9-6-12(2)3/h12-13H,5-11H2,1-4H3. The van der Waals surface area contributed by atoms with Crippen molar-refractivity contribution < 1.29 is 9.53 Å². The molecule has 1 saturated heterocycles. The van der Waals surface area contributed by atoms with E-state index in [1.807, 2.05) is 11.8 Å². The Morgan fingerprint density at radius 1 is 1.39 bits per heavy atom. The Morgan fingerprint density at radius 2 is 2.00 bits per heavy atom. The summed E-state index contributed by atoms with van der Waals surface area (Å²) in [4.78, 5) is 15.9. The Hall–Kier alpha value is -0.770. The van der Waals surface area contributed by atoms with Crippen molar-refractivity contribution in [1.29, 1.82) is 0 Å². The summed E-state index contributed by atoms with van der Waals surface area (Å²) < 4.78 is 5.03. The molecule has 18 heavy (non-hydrogen) atoms. The highest BCUT2D eigenvalue weighted by Gasteiger charge is 2.25. The summed E-state index contributed by atoms with van der Waals surface area (Å²) in [7, 11) is 2.20. The molecule has 4 heteroatoms. The first-order valence-corrected chi connectivity index (χ1v) is 7.16. The molecule has 1 rings (SSSR count). The number of carbonyl (C=O) groups is 1. The molecular formula is C14H28N2O2. The first-order chi connectivity index (χ1) is 8.54. The van der Waals surface area contributed by atoms with Crippen LogP contribution in [-0.2, 0) is 4.74 Å². The fourth-order valence-corrected chi connectivity index (χ4v) is 2.35. The highest BCUT2D eigenvalue weighted by molar-refractivity contribution is 5.67. The molecule has 1 amide bonds. The smallest absolute Gasteiger partial charge is 0.409 e. The van der Waals surface area contributed by atoms with Gasteiger partial charge in [-0.15, -0.1) is 0 Å². The van der Waals surface area contributed by atoms with Crippen molar-refractivity contribution in [2.45, 2.75) is 46.1 Å². The van der Waals surface area contributed by atoms with E-state index in [1.54, 1.807) is 0 Å². The summed E-state index contributed by atoms with van der Waals surface area (Å²) in [6.45, 7) is 9.65. The molecule has 1 heterocycles. The van der Waals surface area contributed by atoms with Gasteiger partial charge in [0.05, 0.1) is 6.61 Å². The number of hydrogen-bond donors (Lipinski definition) is 0. The van der Waals surface area contributed by atoms with Gasteiger partial charge in [0.25, 0.3) is 0 Å². The number of likely N-dealkylation sites (tertiary alicyclic amines) is 1. The van der Waals surface area contributed by atoms with E-state index >= 15 is 0 Å². The summed E-state index contributed by atoms with van der Waals surface area (Å²) in [5.74, 6) is 0.757. The fraction of sp³-hybridized carbons (Fsp3) is 0.929. The first-order valence-electron chi connectivity index (χ1n) is 7.16. The third kappa shape index (κ3) is 4.84. The van der Waals surface area contributed by atoms with Gasteiger partial charge in [-0.1, -0.05) is 13.8 Å². The second-order valence-corrected chi connectivity index (χ2v) is 5.58. The van der Waals surface area contributed by atoms with Crippen LogP contribution in [0.5, 0.6) is 0 Å². The number of ether oxygens (including phenoxy) is 1. The fourth-order valence-electron chi connectivity index (χ4n) is 2.35. The van der Waals surface area contributed by atoms with Gasteiger partial charge in [-0.3, -0.25) is 0 Å². The maximum atomic E-state index is 11.6. The Bertz CT molecular complexity index is 248. The number of carbonyl (C=O) groups excluding carboxylic acids is 1. The summed E-state index contributed by atoms with van der Waals surface area (Å²) in [5, 5.41) is 0. The van der Waals surface area contributed by atoms with E-state index in [4.69, 9.17) is 4.74 Å². The minimum absolute atomic E-state index is 0.152. The van der Waals surface area contributed by atoms with E-state index in [0.717, 1.165) is 38.4 Å². The van der Waals surface area contributed by atoms with E-state index in [9.17, 15) is 4.79 Å². The van der Waals surface area contributed by atoms with Crippen LogP contribution in [0.1, 0.15) is 40.0 Å². The van der Waals surface area contributed by atoms with E-state index in [2.05, 4.69) is 25.8 Å². The van der Waals surface area contributed by atoms with Crippen LogP contribution in [0.2, 0.25) is 0 Å². The maximum Gasteiger partial charge on any atom is 0.409 e. The van der Waals surface area contributed by atoms with Crippen LogP contribution in [0.4, 0.5) is 4.79 Å². The molecule has 0 radical (unpaired) electrons. The van der Waals surface area contributed by atoms with Gasteiger partial charge in [0.2, 0.25) is 0 Å². The normalized spacial score (nSPS) is 17.6. The Labute approximate surface area is 111 Å². The van der Waals surface area contributed by atoms with Crippen molar-refractivity contribution in [2.24, 2.45) is 5.92 Å².